The predicted molar refractivity (Wildman–Crippen MR) is 101 cm³/mol. The van der Waals surface area contributed by atoms with Crippen molar-refractivity contribution in [1.29, 1.82) is 0 Å². The van der Waals surface area contributed by atoms with E-state index in [1.807, 2.05) is 25.1 Å². The molecule has 23 heavy (non-hydrogen) atoms. The second kappa shape index (κ2) is 8.86. The molecule has 126 valence electrons. The van der Waals surface area contributed by atoms with Gasteiger partial charge >= 0.3 is 0 Å². The Balaban J connectivity index is 3.53. The van der Waals surface area contributed by atoms with Crippen LogP contribution in [0.2, 0.25) is 0 Å². The Morgan fingerprint density at radius 3 is 2.43 bits per heavy atom. The third-order valence-corrected chi connectivity index (χ3v) is 4.60. The highest BCUT2D eigenvalue weighted by Crippen LogP contribution is 2.33. The van der Waals surface area contributed by atoms with Gasteiger partial charge in [-0.15, -0.1) is 0 Å². The largest absolute Gasteiger partial charge is 0.243 e. The molecule has 0 nitrogen and oxygen atoms in total. The fourth-order valence-electron chi connectivity index (χ4n) is 2.92. The summed E-state index contributed by atoms with van der Waals surface area (Å²) in [7, 11) is 0. The first-order valence-electron chi connectivity index (χ1n) is 8.58. The van der Waals surface area contributed by atoms with E-state index >= 15 is 0 Å². The Morgan fingerprint density at radius 2 is 1.91 bits per heavy atom. The highest BCUT2D eigenvalue weighted by Gasteiger charge is 2.14. The average Bonchev–Trinajstić information content (AvgIpc) is 2.53. The van der Waals surface area contributed by atoms with Crippen LogP contribution in [-0.4, -0.2) is 0 Å². The zero-order chi connectivity index (χ0) is 17.6. The fraction of sp³-hybridized carbons (Fsp3) is 0.455. The summed E-state index contributed by atoms with van der Waals surface area (Å²) in [6, 6.07) is 6.17. The van der Waals surface area contributed by atoms with Crippen LogP contribution in [0.4, 0.5) is 4.39 Å². The van der Waals surface area contributed by atoms with E-state index in [4.69, 9.17) is 0 Å². The first-order valence-corrected chi connectivity index (χ1v) is 8.58. The van der Waals surface area contributed by atoms with Crippen molar-refractivity contribution in [2.75, 3.05) is 0 Å². The quantitative estimate of drug-likeness (QED) is 0.457. The summed E-state index contributed by atoms with van der Waals surface area (Å²) in [5.74, 6) is 0. The van der Waals surface area contributed by atoms with Crippen molar-refractivity contribution in [2.24, 2.45) is 0 Å². The number of allylic oxidation sites excluding steroid dienone is 5. The minimum absolute atomic E-state index is 0.785. The van der Waals surface area contributed by atoms with Gasteiger partial charge in [-0.25, -0.2) is 4.39 Å². The number of hydrogen-bond donors (Lipinski definition) is 0. The highest BCUT2D eigenvalue weighted by molar-refractivity contribution is 5.82. The van der Waals surface area contributed by atoms with Crippen LogP contribution in [0.1, 0.15) is 76.7 Å². The number of hydrogen-bond acceptors (Lipinski definition) is 0. The molecule has 0 saturated carbocycles. The average molecular weight is 314 g/mol. The molecule has 1 aromatic rings. The monoisotopic (exact) mass is 314 g/mol. The molecule has 0 aliphatic carbocycles. The maximum Gasteiger partial charge on any atom is 0.123 e. The Hall–Kier alpha value is -1.63. The van der Waals surface area contributed by atoms with Gasteiger partial charge in [0.1, 0.15) is 6.17 Å². The number of benzene rings is 1. The van der Waals surface area contributed by atoms with Crippen molar-refractivity contribution in [2.45, 2.75) is 67.0 Å². The van der Waals surface area contributed by atoms with Gasteiger partial charge in [0, 0.05) is 0 Å². The van der Waals surface area contributed by atoms with Crippen molar-refractivity contribution >= 4 is 5.57 Å². The summed E-state index contributed by atoms with van der Waals surface area (Å²) >= 11 is 0. The van der Waals surface area contributed by atoms with Crippen molar-refractivity contribution in [3.8, 4) is 0 Å². The van der Waals surface area contributed by atoms with Crippen LogP contribution < -0.4 is 0 Å². The summed E-state index contributed by atoms with van der Waals surface area (Å²) in [6.45, 7) is 16.1. The molecule has 0 aliphatic rings. The summed E-state index contributed by atoms with van der Waals surface area (Å²) in [6.07, 6.45) is 4.37. The number of halogens is 1. The fourth-order valence-corrected chi connectivity index (χ4v) is 2.92. The summed E-state index contributed by atoms with van der Waals surface area (Å²) in [4.78, 5) is 0. The third-order valence-electron chi connectivity index (χ3n) is 4.60. The van der Waals surface area contributed by atoms with Crippen LogP contribution in [0.5, 0.6) is 0 Å². The number of rotatable bonds is 7. The Morgan fingerprint density at radius 1 is 1.26 bits per heavy atom. The smallest absolute Gasteiger partial charge is 0.123 e. The van der Waals surface area contributed by atoms with Crippen LogP contribution in [-0.2, 0) is 0 Å². The zero-order valence-electron chi connectivity index (χ0n) is 15.6. The van der Waals surface area contributed by atoms with Crippen molar-refractivity contribution in [1.82, 2.24) is 0 Å². The van der Waals surface area contributed by atoms with Crippen molar-refractivity contribution in [3.63, 3.8) is 0 Å². The van der Waals surface area contributed by atoms with E-state index in [0.29, 0.717) is 0 Å². The second-order valence-corrected chi connectivity index (χ2v) is 6.46. The van der Waals surface area contributed by atoms with Crippen molar-refractivity contribution in [3.05, 3.63) is 64.3 Å². The van der Waals surface area contributed by atoms with E-state index in [0.717, 1.165) is 23.1 Å². The topological polar surface area (TPSA) is 0 Å². The molecule has 0 spiro atoms. The van der Waals surface area contributed by atoms with Gasteiger partial charge in [-0.05, 0) is 86.9 Å². The summed E-state index contributed by atoms with van der Waals surface area (Å²) in [5.41, 5.74) is 7.93. The van der Waals surface area contributed by atoms with Crippen molar-refractivity contribution < 1.29 is 4.39 Å². The molecular weight excluding hydrogens is 283 g/mol. The molecule has 1 atom stereocenters. The van der Waals surface area contributed by atoms with Gasteiger partial charge in [0.15, 0.2) is 0 Å². The second-order valence-electron chi connectivity index (χ2n) is 6.46. The third kappa shape index (κ3) is 4.92. The lowest BCUT2D eigenvalue weighted by Crippen LogP contribution is -1.98. The predicted octanol–water partition coefficient (Wildman–Crippen LogP) is 7.51. The lowest BCUT2D eigenvalue weighted by atomic mass is 9.87. The molecule has 1 aromatic carbocycles. The molecule has 0 amide bonds. The number of aryl methyl sites for hydroxylation is 1. The van der Waals surface area contributed by atoms with Crippen LogP contribution >= 0.6 is 0 Å². The van der Waals surface area contributed by atoms with Gasteiger partial charge in [-0.3, -0.25) is 0 Å². The SMILES string of the molecule is C=C/C(C)=C(C)/C(=C(\C)CCCC)c1ccc(C)c(C(C)F)c1. The normalized spacial score (nSPS) is 14.9. The molecule has 0 saturated heterocycles. The lowest BCUT2D eigenvalue weighted by molar-refractivity contribution is 0.373. The molecule has 1 unspecified atom stereocenters. The summed E-state index contributed by atoms with van der Waals surface area (Å²) in [5, 5.41) is 0. The highest BCUT2D eigenvalue weighted by atomic mass is 19.1. The van der Waals surface area contributed by atoms with E-state index in [2.05, 4.69) is 40.3 Å². The molecule has 0 radical (unpaired) electrons. The van der Waals surface area contributed by atoms with E-state index in [-0.39, 0.29) is 0 Å². The minimum Gasteiger partial charge on any atom is -0.243 e. The molecule has 0 fully saturated rings. The molecule has 1 rings (SSSR count). The van der Waals surface area contributed by atoms with E-state index in [9.17, 15) is 4.39 Å². The van der Waals surface area contributed by atoms with Gasteiger partial charge in [0.2, 0.25) is 0 Å². The molecule has 0 aromatic heterocycles. The van der Waals surface area contributed by atoms with Crippen LogP contribution in [0.25, 0.3) is 5.57 Å². The molecule has 0 N–H and O–H groups in total. The molecular formula is C22H31F. The van der Waals surface area contributed by atoms with E-state index < -0.39 is 6.17 Å². The molecule has 0 bridgehead atoms. The Bertz CT molecular complexity index is 615. The van der Waals surface area contributed by atoms with Gasteiger partial charge in [0.25, 0.3) is 0 Å². The van der Waals surface area contributed by atoms with Crippen LogP contribution in [0.15, 0.2) is 47.6 Å². The molecule has 0 aliphatic heterocycles. The van der Waals surface area contributed by atoms with Crippen LogP contribution in [0.3, 0.4) is 0 Å². The van der Waals surface area contributed by atoms with E-state index in [1.165, 1.54) is 35.1 Å². The van der Waals surface area contributed by atoms with Crippen LogP contribution in [0, 0.1) is 6.92 Å². The minimum atomic E-state index is -0.947. The standard InChI is InChI=1S/C22H31F/c1-8-10-11-17(5)22(18(6)15(3)9-2)20-13-12-16(4)21(14-20)19(7)23/h9,12-14,19H,2,8,10-11H2,1,3-7H3/b18-15+,22-17-. The lowest BCUT2D eigenvalue weighted by Gasteiger charge is -2.18. The van der Waals surface area contributed by atoms with Gasteiger partial charge in [-0.2, -0.15) is 0 Å². The van der Waals surface area contributed by atoms with E-state index in [1.54, 1.807) is 6.92 Å². The van der Waals surface area contributed by atoms with Gasteiger partial charge < -0.3 is 0 Å². The first-order chi connectivity index (χ1) is 10.8. The van der Waals surface area contributed by atoms with Gasteiger partial charge in [-0.1, -0.05) is 43.7 Å². The Labute approximate surface area is 141 Å². The zero-order valence-corrected chi connectivity index (χ0v) is 15.6. The first kappa shape index (κ1) is 19.4. The van der Waals surface area contributed by atoms with Gasteiger partial charge in [0.05, 0.1) is 0 Å². The summed E-state index contributed by atoms with van der Waals surface area (Å²) < 4.78 is 13.9. The Kier molecular flexibility index (Phi) is 7.48. The maximum absolute atomic E-state index is 13.9. The number of alkyl halides is 1. The number of unbranched alkanes of at least 4 members (excludes halogenated alkanes) is 1. The maximum atomic E-state index is 13.9. The molecule has 1 heteroatoms. The molecule has 0 heterocycles.